The molecule has 17 heavy (non-hydrogen) atoms. The number of nitrogens with zero attached hydrogens (tertiary/aromatic N) is 3. The molecule has 0 aliphatic heterocycles. The van der Waals surface area contributed by atoms with E-state index in [2.05, 4.69) is 15.1 Å². The summed E-state index contributed by atoms with van der Waals surface area (Å²) in [4.78, 5) is 18.3. The predicted octanol–water partition coefficient (Wildman–Crippen LogP) is 0.116. The van der Waals surface area contributed by atoms with Crippen LogP contribution in [0.2, 0.25) is 0 Å². The lowest BCUT2D eigenvalue weighted by Crippen LogP contribution is -2.23. The van der Waals surface area contributed by atoms with Crippen LogP contribution in [-0.4, -0.2) is 31.8 Å². The highest BCUT2D eigenvalue weighted by atomic mass is 16.5. The predicted molar refractivity (Wildman–Crippen MR) is 60.0 cm³/mol. The van der Waals surface area contributed by atoms with Gasteiger partial charge in [0.1, 0.15) is 11.9 Å². The summed E-state index contributed by atoms with van der Waals surface area (Å²) in [7, 11) is 1.46. The van der Waals surface area contributed by atoms with Gasteiger partial charge in [0.15, 0.2) is 5.65 Å². The molecular formula is C10H14N4O3. The SMILES string of the molecule is COc1cc2nc(C(O)C(C)C)[nH]c(=O)n2n1. The number of aliphatic hydroxyl groups excluding tert-OH is 1. The van der Waals surface area contributed by atoms with Crippen molar-refractivity contribution in [2.45, 2.75) is 20.0 Å². The van der Waals surface area contributed by atoms with Gasteiger partial charge >= 0.3 is 5.69 Å². The Labute approximate surface area is 97.1 Å². The summed E-state index contributed by atoms with van der Waals surface area (Å²) in [5, 5.41) is 13.7. The highest BCUT2D eigenvalue weighted by Gasteiger charge is 2.17. The van der Waals surface area contributed by atoms with Crippen LogP contribution < -0.4 is 10.4 Å². The van der Waals surface area contributed by atoms with Gasteiger partial charge in [-0.05, 0) is 5.92 Å². The Morgan fingerprint density at radius 2 is 2.24 bits per heavy atom. The molecule has 0 aliphatic carbocycles. The highest BCUT2D eigenvalue weighted by Crippen LogP contribution is 2.17. The summed E-state index contributed by atoms with van der Waals surface area (Å²) >= 11 is 0. The average molecular weight is 238 g/mol. The summed E-state index contributed by atoms with van der Waals surface area (Å²) in [6.07, 6.45) is -0.811. The van der Waals surface area contributed by atoms with E-state index in [1.165, 1.54) is 13.2 Å². The van der Waals surface area contributed by atoms with Gasteiger partial charge in [0.2, 0.25) is 5.88 Å². The molecule has 7 heteroatoms. The number of methoxy groups -OCH3 is 1. The number of ether oxygens (including phenoxy) is 1. The minimum absolute atomic E-state index is 0.0367. The van der Waals surface area contributed by atoms with Crippen molar-refractivity contribution in [2.24, 2.45) is 5.92 Å². The van der Waals surface area contributed by atoms with Crippen LogP contribution in [0.3, 0.4) is 0 Å². The molecule has 0 bridgehead atoms. The number of nitrogens with one attached hydrogen (secondary N) is 1. The highest BCUT2D eigenvalue weighted by molar-refractivity contribution is 5.40. The van der Waals surface area contributed by atoms with Crippen molar-refractivity contribution < 1.29 is 9.84 Å². The number of hydrogen-bond donors (Lipinski definition) is 2. The molecule has 2 N–H and O–H groups in total. The lowest BCUT2D eigenvalue weighted by molar-refractivity contribution is 0.117. The Hall–Kier alpha value is -1.89. The molecular weight excluding hydrogens is 224 g/mol. The second kappa shape index (κ2) is 4.17. The smallest absolute Gasteiger partial charge is 0.349 e. The van der Waals surface area contributed by atoms with Crippen LogP contribution >= 0.6 is 0 Å². The van der Waals surface area contributed by atoms with E-state index in [1.54, 1.807) is 0 Å². The molecule has 0 saturated heterocycles. The lowest BCUT2D eigenvalue weighted by atomic mass is 10.1. The zero-order chi connectivity index (χ0) is 12.6. The fourth-order valence-corrected chi connectivity index (χ4v) is 1.45. The van der Waals surface area contributed by atoms with Gasteiger partial charge < -0.3 is 9.84 Å². The zero-order valence-corrected chi connectivity index (χ0v) is 9.84. The number of hydrogen-bond acceptors (Lipinski definition) is 5. The molecule has 2 rings (SSSR count). The second-order valence-corrected chi connectivity index (χ2v) is 4.07. The number of H-pyrrole nitrogens is 1. The molecule has 0 aromatic carbocycles. The molecule has 0 amide bonds. The van der Waals surface area contributed by atoms with Gasteiger partial charge in [0, 0.05) is 6.07 Å². The molecule has 0 radical (unpaired) electrons. The first-order valence-corrected chi connectivity index (χ1v) is 5.25. The Morgan fingerprint density at radius 3 is 2.82 bits per heavy atom. The van der Waals surface area contributed by atoms with E-state index in [9.17, 15) is 9.90 Å². The number of aliphatic hydroxyl groups is 1. The van der Waals surface area contributed by atoms with Crippen LogP contribution in [0.1, 0.15) is 25.8 Å². The Bertz CT molecular complexity index is 587. The molecule has 2 aromatic rings. The first kappa shape index (κ1) is 11.6. The number of aromatic nitrogens is 4. The van der Waals surface area contributed by atoms with E-state index in [1.807, 2.05) is 13.8 Å². The van der Waals surface area contributed by atoms with Gasteiger partial charge in [-0.15, -0.1) is 5.10 Å². The maximum Gasteiger partial charge on any atom is 0.349 e. The number of fused-ring (bicyclic) bond motifs is 1. The summed E-state index contributed by atoms with van der Waals surface area (Å²) in [5.41, 5.74) is -0.103. The van der Waals surface area contributed by atoms with Crippen LogP contribution in [0.4, 0.5) is 0 Å². The standard InChI is InChI=1S/C10H14N4O3/c1-5(2)8(15)9-11-6-4-7(17-3)13-14(6)10(16)12-9/h4-5,8,15H,1-3H3,(H,11,12,16). The lowest BCUT2D eigenvalue weighted by Gasteiger charge is -2.12. The molecule has 1 atom stereocenters. The fourth-order valence-electron chi connectivity index (χ4n) is 1.45. The molecule has 0 saturated carbocycles. The topological polar surface area (TPSA) is 92.5 Å². The van der Waals surface area contributed by atoms with Crippen LogP contribution in [0.5, 0.6) is 5.88 Å². The van der Waals surface area contributed by atoms with Crippen molar-refractivity contribution in [3.63, 3.8) is 0 Å². The Balaban J connectivity index is 2.58. The summed E-state index contributed by atoms with van der Waals surface area (Å²) < 4.78 is 6.01. The summed E-state index contributed by atoms with van der Waals surface area (Å²) in [6, 6.07) is 1.53. The molecule has 0 aliphatic rings. The van der Waals surface area contributed by atoms with E-state index in [0.29, 0.717) is 11.5 Å². The largest absolute Gasteiger partial charge is 0.480 e. The van der Waals surface area contributed by atoms with Gasteiger partial charge in [-0.25, -0.2) is 9.78 Å². The van der Waals surface area contributed by atoms with Gasteiger partial charge in [-0.3, -0.25) is 4.98 Å². The van der Waals surface area contributed by atoms with E-state index in [-0.39, 0.29) is 11.7 Å². The van der Waals surface area contributed by atoms with Crippen molar-refractivity contribution in [2.75, 3.05) is 7.11 Å². The summed E-state index contributed by atoms with van der Waals surface area (Å²) in [5.74, 6) is 0.504. The minimum atomic E-state index is -0.811. The maximum absolute atomic E-state index is 11.7. The van der Waals surface area contributed by atoms with Crippen molar-refractivity contribution in [1.29, 1.82) is 0 Å². The fraction of sp³-hybridized carbons (Fsp3) is 0.500. The monoisotopic (exact) mass is 238 g/mol. The average Bonchev–Trinajstić information content (AvgIpc) is 2.71. The van der Waals surface area contributed by atoms with Crippen molar-refractivity contribution in [3.8, 4) is 5.88 Å². The van der Waals surface area contributed by atoms with E-state index in [4.69, 9.17) is 4.74 Å². The van der Waals surface area contributed by atoms with Crippen LogP contribution in [0.25, 0.3) is 5.65 Å². The van der Waals surface area contributed by atoms with Gasteiger partial charge in [-0.2, -0.15) is 4.52 Å². The molecule has 92 valence electrons. The number of rotatable bonds is 3. The second-order valence-electron chi connectivity index (χ2n) is 4.07. The third-order valence-electron chi connectivity index (χ3n) is 2.45. The molecule has 0 fully saturated rings. The molecule has 0 spiro atoms. The van der Waals surface area contributed by atoms with Crippen molar-refractivity contribution in [3.05, 3.63) is 22.4 Å². The van der Waals surface area contributed by atoms with Gasteiger partial charge in [-0.1, -0.05) is 13.8 Å². The molecule has 2 aromatic heterocycles. The zero-order valence-electron chi connectivity index (χ0n) is 9.84. The minimum Gasteiger partial charge on any atom is -0.480 e. The van der Waals surface area contributed by atoms with Crippen molar-refractivity contribution in [1.82, 2.24) is 19.6 Å². The van der Waals surface area contributed by atoms with Crippen LogP contribution in [0.15, 0.2) is 10.9 Å². The maximum atomic E-state index is 11.7. The third-order valence-corrected chi connectivity index (χ3v) is 2.45. The first-order chi connectivity index (χ1) is 8.02. The molecule has 7 nitrogen and oxygen atoms in total. The van der Waals surface area contributed by atoms with Crippen LogP contribution in [-0.2, 0) is 0 Å². The van der Waals surface area contributed by atoms with Gasteiger partial charge in [0.25, 0.3) is 0 Å². The van der Waals surface area contributed by atoms with E-state index >= 15 is 0 Å². The van der Waals surface area contributed by atoms with E-state index in [0.717, 1.165) is 4.52 Å². The van der Waals surface area contributed by atoms with Crippen molar-refractivity contribution >= 4 is 5.65 Å². The quantitative estimate of drug-likeness (QED) is 0.792. The Kier molecular flexibility index (Phi) is 2.84. The normalized spacial score (nSPS) is 13.2. The number of aromatic amines is 1. The third kappa shape index (κ3) is 2.01. The molecule has 2 heterocycles. The first-order valence-electron chi connectivity index (χ1n) is 5.25. The van der Waals surface area contributed by atoms with Gasteiger partial charge in [0.05, 0.1) is 7.11 Å². The van der Waals surface area contributed by atoms with E-state index < -0.39 is 11.8 Å². The summed E-state index contributed by atoms with van der Waals surface area (Å²) in [6.45, 7) is 3.68. The molecule has 1 unspecified atom stereocenters. The van der Waals surface area contributed by atoms with Crippen LogP contribution in [0, 0.1) is 5.92 Å². The Morgan fingerprint density at radius 1 is 1.53 bits per heavy atom.